The van der Waals surface area contributed by atoms with Crippen molar-refractivity contribution in [2.45, 2.75) is 12.5 Å². The number of methoxy groups -OCH3 is 2. The van der Waals surface area contributed by atoms with Crippen molar-refractivity contribution in [3.05, 3.63) is 65.7 Å². The molecular weight excluding hydrogens is 302 g/mol. The standard InChI is InChI=1S/C20H23NO3/c1-14(15-8-6-5-7-9-15)20-17-13-19(23-4)18(22-3)12-16(17)10-11-21(2)24-20/h5-9,12-13,20H,1,10-11H2,2-4H3/t20-/m0/s1. The van der Waals surface area contributed by atoms with Crippen molar-refractivity contribution >= 4 is 5.57 Å². The van der Waals surface area contributed by atoms with E-state index in [2.05, 4.69) is 18.7 Å². The maximum Gasteiger partial charge on any atom is 0.161 e. The number of nitrogens with zero attached hydrogens (tertiary/aromatic N) is 1. The second kappa shape index (κ2) is 7.07. The zero-order valence-corrected chi connectivity index (χ0v) is 14.4. The maximum absolute atomic E-state index is 6.16. The van der Waals surface area contributed by atoms with Crippen molar-refractivity contribution in [2.75, 3.05) is 27.8 Å². The van der Waals surface area contributed by atoms with Crippen molar-refractivity contribution in [2.24, 2.45) is 0 Å². The highest BCUT2D eigenvalue weighted by molar-refractivity contribution is 5.70. The molecule has 4 heteroatoms. The zero-order valence-electron chi connectivity index (χ0n) is 14.4. The van der Waals surface area contributed by atoms with Gasteiger partial charge in [-0.1, -0.05) is 36.9 Å². The van der Waals surface area contributed by atoms with Crippen LogP contribution in [-0.2, 0) is 11.3 Å². The normalized spacial score (nSPS) is 17.7. The summed E-state index contributed by atoms with van der Waals surface area (Å²) in [5, 5.41) is 1.87. The fourth-order valence-corrected chi connectivity index (χ4v) is 3.02. The number of fused-ring (bicyclic) bond motifs is 1. The molecule has 0 amide bonds. The van der Waals surface area contributed by atoms with E-state index in [4.69, 9.17) is 14.3 Å². The Hall–Kier alpha value is -2.30. The lowest BCUT2D eigenvalue weighted by Gasteiger charge is -2.24. The predicted molar refractivity (Wildman–Crippen MR) is 95.2 cm³/mol. The quantitative estimate of drug-likeness (QED) is 0.854. The van der Waals surface area contributed by atoms with E-state index in [1.54, 1.807) is 14.2 Å². The number of rotatable bonds is 4. The Kier molecular flexibility index (Phi) is 4.88. The summed E-state index contributed by atoms with van der Waals surface area (Å²) >= 11 is 0. The molecular formula is C20H23NO3. The highest BCUT2D eigenvalue weighted by atomic mass is 16.7. The Balaban J connectivity index is 2.08. The fraction of sp³-hybridized carbons (Fsp3) is 0.300. The highest BCUT2D eigenvalue weighted by Crippen LogP contribution is 2.41. The average molecular weight is 325 g/mol. The summed E-state index contributed by atoms with van der Waals surface area (Å²) in [6, 6.07) is 14.2. The summed E-state index contributed by atoms with van der Waals surface area (Å²) in [7, 11) is 5.25. The van der Waals surface area contributed by atoms with Gasteiger partial charge in [0.25, 0.3) is 0 Å². The average Bonchev–Trinajstić information content (AvgIpc) is 2.79. The van der Waals surface area contributed by atoms with Gasteiger partial charge in [-0.2, -0.15) is 5.06 Å². The molecule has 2 aromatic rings. The smallest absolute Gasteiger partial charge is 0.161 e. The molecule has 0 radical (unpaired) electrons. The zero-order chi connectivity index (χ0) is 17.1. The molecule has 0 unspecified atom stereocenters. The van der Waals surface area contributed by atoms with E-state index in [0.29, 0.717) is 5.75 Å². The Bertz CT molecular complexity index is 727. The van der Waals surface area contributed by atoms with Crippen LogP contribution in [0.25, 0.3) is 5.57 Å². The first-order valence-corrected chi connectivity index (χ1v) is 8.01. The number of likely N-dealkylation sites (N-methyl/N-ethyl adjacent to an activating group) is 1. The van der Waals surface area contributed by atoms with Crippen molar-refractivity contribution in [1.29, 1.82) is 0 Å². The number of ether oxygens (including phenoxy) is 2. The van der Waals surface area contributed by atoms with Crippen LogP contribution >= 0.6 is 0 Å². The van der Waals surface area contributed by atoms with Crippen LogP contribution in [0.1, 0.15) is 22.8 Å². The summed E-state index contributed by atoms with van der Waals surface area (Å²) in [6.45, 7) is 5.10. The molecule has 0 N–H and O–H groups in total. The van der Waals surface area contributed by atoms with Gasteiger partial charge < -0.3 is 9.47 Å². The van der Waals surface area contributed by atoms with E-state index in [1.807, 2.05) is 42.4 Å². The Morgan fingerprint density at radius 3 is 2.46 bits per heavy atom. The van der Waals surface area contributed by atoms with Gasteiger partial charge in [-0.25, -0.2) is 0 Å². The van der Waals surface area contributed by atoms with Gasteiger partial charge >= 0.3 is 0 Å². The lowest BCUT2D eigenvalue weighted by Crippen LogP contribution is -2.21. The van der Waals surface area contributed by atoms with Crippen LogP contribution in [-0.4, -0.2) is 32.9 Å². The molecule has 0 saturated heterocycles. The van der Waals surface area contributed by atoms with E-state index < -0.39 is 0 Å². The van der Waals surface area contributed by atoms with Crippen LogP contribution in [0.4, 0.5) is 0 Å². The number of benzene rings is 2. The molecule has 1 aliphatic heterocycles. The fourth-order valence-electron chi connectivity index (χ4n) is 3.02. The predicted octanol–water partition coefficient (Wildman–Crippen LogP) is 3.88. The summed E-state index contributed by atoms with van der Waals surface area (Å²) in [5.74, 6) is 1.44. The summed E-state index contributed by atoms with van der Waals surface area (Å²) in [5.41, 5.74) is 4.27. The van der Waals surface area contributed by atoms with Gasteiger partial charge in [-0.15, -0.1) is 0 Å². The van der Waals surface area contributed by atoms with Gasteiger partial charge in [-0.3, -0.25) is 4.84 Å². The molecule has 0 aliphatic carbocycles. The third-order valence-corrected chi connectivity index (χ3v) is 4.37. The largest absolute Gasteiger partial charge is 0.493 e. The van der Waals surface area contributed by atoms with Gasteiger partial charge in [0.2, 0.25) is 0 Å². The third-order valence-electron chi connectivity index (χ3n) is 4.37. The number of hydroxylamine groups is 2. The second-order valence-corrected chi connectivity index (χ2v) is 5.88. The topological polar surface area (TPSA) is 30.9 Å². The molecule has 0 aromatic heterocycles. The van der Waals surface area contributed by atoms with E-state index in [-0.39, 0.29) is 6.10 Å². The van der Waals surface area contributed by atoms with Crippen LogP contribution in [0.2, 0.25) is 0 Å². The molecule has 0 saturated carbocycles. The summed E-state index contributed by atoms with van der Waals surface area (Å²) in [6.07, 6.45) is 0.625. The van der Waals surface area contributed by atoms with Crippen LogP contribution in [0.5, 0.6) is 11.5 Å². The van der Waals surface area contributed by atoms with E-state index in [1.165, 1.54) is 5.56 Å². The summed E-state index contributed by atoms with van der Waals surface area (Å²) < 4.78 is 10.9. The lowest BCUT2D eigenvalue weighted by molar-refractivity contribution is -0.160. The first-order valence-electron chi connectivity index (χ1n) is 8.01. The Morgan fingerprint density at radius 2 is 1.79 bits per heavy atom. The molecule has 3 rings (SSSR count). The third kappa shape index (κ3) is 3.16. The van der Waals surface area contributed by atoms with Crippen LogP contribution in [0.15, 0.2) is 49.0 Å². The first kappa shape index (κ1) is 16.6. The van der Waals surface area contributed by atoms with Crippen molar-refractivity contribution < 1.29 is 14.3 Å². The maximum atomic E-state index is 6.16. The molecule has 126 valence electrons. The number of hydrogen-bond acceptors (Lipinski definition) is 4. The molecule has 2 aromatic carbocycles. The van der Waals surface area contributed by atoms with Gasteiger partial charge in [0, 0.05) is 13.6 Å². The minimum absolute atomic E-state index is 0.255. The van der Waals surface area contributed by atoms with Gasteiger partial charge in [-0.05, 0) is 40.8 Å². The molecule has 1 atom stereocenters. The van der Waals surface area contributed by atoms with Crippen LogP contribution < -0.4 is 9.47 Å². The Labute approximate surface area is 143 Å². The lowest BCUT2D eigenvalue weighted by atomic mass is 9.92. The van der Waals surface area contributed by atoms with Crippen LogP contribution in [0, 0.1) is 0 Å². The van der Waals surface area contributed by atoms with Gasteiger partial charge in [0.15, 0.2) is 11.5 Å². The van der Waals surface area contributed by atoms with Gasteiger partial charge in [0.1, 0.15) is 6.10 Å². The monoisotopic (exact) mass is 325 g/mol. The summed E-state index contributed by atoms with van der Waals surface area (Å²) in [4.78, 5) is 6.16. The molecule has 0 bridgehead atoms. The molecule has 0 fully saturated rings. The van der Waals surface area contributed by atoms with Crippen molar-refractivity contribution in [3.63, 3.8) is 0 Å². The van der Waals surface area contributed by atoms with E-state index >= 15 is 0 Å². The van der Waals surface area contributed by atoms with Gasteiger partial charge in [0.05, 0.1) is 14.2 Å². The molecule has 24 heavy (non-hydrogen) atoms. The molecule has 0 spiro atoms. The van der Waals surface area contributed by atoms with Crippen molar-refractivity contribution in [3.8, 4) is 11.5 Å². The minimum Gasteiger partial charge on any atom is -0.493 e. The first-order chi connectivity index (χ1) is 11.6. The Morgan fingerprint density at radius 1 is 1.12 bits per heavy atom. The highest BCUT2D eigenvalue weighted by Gasteiger charge is 2.27. The number of hydrogen-bond donors (Lipinski definition) is 0. The molecule has 1 heterocycles. The molecule has 4 nitrogen and oxygen atoms in total. The van der Waals surface area contributed by atoms with Crippen molar-refractivity contribution in [1.82, 2.24) is 5.06 Å². The SMILES string of the molecule is C=C(c1ccccc1)[C@@H]1ON(C)CCc2cc(OC)c(OC)cc21. The van der Waals surface area contributed by atoms with E-state index in [9.17, 15) is 0 Å². The molecule has 1 aliphatic rings. The van der Waals surface area contributed by atoms with Crippen LogP contribution in [0.3, 0.4) is 0 Å². The minimum atomic E-state index is -0.255. The van der Waals surface area contributed by atoms with E-state index in [0.717, 1.165) is 35.4 Å². The second-order valence-electron chi connectivity index (χ2n) is 5.88.